The van der Waals surface area contributed by atoms with Gasteiger partial charge >= 0.3 is 0 Å². The smallest absolute Gasteiger partial charge is 0.270 e. The fourth-order valence-corrected chi connectivity index (χ4v) is 1.54. The monoisotopic (exact) mass is 264 g/mol. The molecule has 0 spiro atoms. The third-order valence-corrected chi connectivity index (χ3v) is 2.97. The van der Waals surface area contributed by atoms with Crippen molar-refractivity contribution < 1.29 is 4.79 Å². The van der Waals surface area contributed by atoms with Crippen LogP contribution in [0, 0.1) is 0 Å². The zero-order chi connectivity index (χ0) is 14.3. The Balaban J connectivity index is 2.47. The molecule has 0 saturated carbocycles. The number of nitrogens with one attached hydrogen (secondary N) is 2. The second-order valence-corrected chi connectivity index (χ2v) is 4.77. The summed E-state index contributed by atoms with van der Waals surface area (Å²) in [6.07, 6.45) is 0. The Morgan fingerprint density at radius 1 is 1.42 bits per heavy atom. The van der Waals surface area contributed by atoms with Gasteiger partial charge in [-0.3, -0.25) is 4.79 Å². The number of aromatic nitrogens is 1. The Labute approximate surface area is 115 Å². The van der Waals surface area contributed by atoms with Gasteiger partial charge in [0.25, 0.3) is 5.91 Å². The van der Waals surface area contributed by atoms with E-state index in [1.807, 2.05) is 26.1 Å². The predicted octanol–water partition coefficient (Wildman–Crippen LogP) is 1.58. The van der Waals surface area contributed by atoms with Crippen LogP contribution in [0.1, 0.15) is 31.3 Å². The molecule has 1 amide bonds. The molecule has 0 aliphatic heterocycles. The van der Waals surface area contributed by atoms with Gasteiger partial charge in [0, 0.05) is 25.7 Å². The average molecular weight is 264 g/mol. The van der Waals surface area contributed by atoms with Crippen molar-refractivity contribution in [3.05, 3.63) is 23.9 Å². The third kappa shape index (κ3) is 5.26. The normalized spacial score (nSPS) is 10.8. The molecule has 106 valence electrons. The summed E-state index contributed by atoms with van der Waals surface area (Å²) in [5.41, 5.74) is 0.450. The Morgan fingerprint density at radius 3 is 2.79 bits per heavy atom. The first-order valence-corrected chi connectivity index (χ1v) is 6.74. The molecule has 1 heterocycles. The number of amides is 1. The summed E-state index contributed by atoms with van der Waals surface area (Å²) in [6.45, 7) is 8.50. The molecule has 0 saturated heterocycles. The van der Waals surface area contributed by atoms with Crippen LogP contribution in [-0.2, 0) is 0 Å². The van der Waals surface area contributed by atoms with Crippen LogP contribution in [0.4, 0.5) is 5.82 Å². The second-order valence-electron chi connectivity index (χ2n) is 4.77. The van der Waals surface area contributed by atoms with Gasteiger partial charge in [0.15, 0.2) is 0 Å². The van der Waals surface area contributed by atoms with Crippen molar-refractivity contribution in [3.63, 3.8) is 0 Å². The van der Waals surface area contributed by atoms with E-state index >= 15 is 0 Å². The number of anilines is 1. The van der Waals surface area contributed by atoms with Crippen molar-refractivity contribution in [2.24, 2.45) is 0 Å². The molecular formula is C14H24N4O. The highest BCUT2D eigenvalue weighted by molar-refractivity contribution is 5.92. The van der Waals surface area contributed by atoms with E-state index in [0.717, 1.165) is 18.9 Å². The van der Waals surface area contributed by atoms with Crippen molar-refractivity contribution in [3.8, 4) is 0 Å². The fourth-order valence-electron chi connectivity index (χ4n) is 1.54. The van der Waals surface area contributed by atoms with Crippen LogP contribution >= 0.6 is 0 Å². The highest BCUT2D eigenvalue weighted by Gasteiger charge is 2.08. The molecule has 0 atom stereocenters. The molecule has 5 heteroatoms. The van der Waals surface area contributed by atoms with Gasteiger partial charge < -0.3 is 15.5 Å². The predicted molar refractivity (Wildman–Crippen MR) is 78.5 cm³/mol. The number of hydrogen-bond acceptors (Lipinski definition) is 4. The summed E-state index contributed by atoms with van der Waals surface area (Å²) in [5, 5.41) is 5.98. The van der Waals surface area contributed by atoms with Crippen LogP contribution in [0.5, 0.6) is 0 Å². The number of carbonyl (C=O) groups is 1. The molecule has 2 N–H and O–H groups in total. The van der Waals surface area contributed by atoms with E-state index in [0.29, 0.717) is 18.3 Å². The third-order valence-electron chi connectivity index (χ3n) is 2.97. The van der Waals surface area contributed by atoms with Crippen LogP contribution in [0.3, 0.4) is 0 Å². The molecule has 0 fully saturated rings. The van der Waals surface area contributed by atoms with Crippen LogP contribution in [0.2, 0.25) is 0 Å². The molecule has 0 radical (unpaired) electrons. The number of carbonyl (C=O) groups excluding carboxylic acids is 1. The quantitative estimate of drug-likeness (QED) is 0.785. The minimum Gasteiger partial charge on any atom is -0.370 e. The highest BCUT2D eigenvalue weighted by atomic mass is 16.1. The molecular weight excluding hydrogens is 240 g/mol. The van der Waals surface area contributed by atoms with Crippen LogP contribution in [0.25, 0.3) is 0 Å². The topological polar surface area (TPSA) is 57.3 Å². The molecule has 1 aromatic rings. The Morgan fingerprint density at radius 2 is 2.16 bits per heavy atom. The van der Waals surface area contributed by atoms with Crippen LogP contribution < -0.4 is 10.6 Å². The maximum absolute atomic E-state index is 11.9. The lowest BCUT2D eigenvalue weighted by Gasteiger charge is -2.20. The first-order chi connectivity index (χ1) is 9.04. The fraction of sp³-hybridized carbons (Fsp3) is 0.571. The van der Waals surface area contributed by atoms with Gasteiger partial charge in [-0.1, -0.05) is 6.07 Å². The second kappa shape index (κ2) is 7.74. The molecule has 5 nitrogen and oxygen atoms in total. The van der Waals surface area contributed by atoms with Crippen molar-refractivity contribution in [1.29, 1.82) is 0 Å². The molecule has 0 bridgehead atoms. The first kappa shape index (κ1) is 15.4. The molecule has 1 aromatic heterocycles. The Kier molecular flexibility index (Phi) is 6.29. The minimum atomic E-state index is -0.128. The first-order valence-electron chi connectivity index (χ1n) is 6.74. The summed E-state index contributed by atoms with van der Waals surface area (Å²) >= 11 is 0. The Hall–Kier alpha value is -1.62. The van der Waals surface area contributed by atoms with Gasteiger partial charge in [0.1, 0.15) is 11.5 Å². The van der Waals surface area contributed by atoms with Gasteiger partial charge in [-0.05, 0) is 40.0 Å². The van der Waals surface area contributed by atoms with E-state index in [-0.39, 0.29) is 5.91 Å². The lowest BCUT2D eigenvalue weighted by molar-refractivity contribution is 0.0943. The molecule has 0 aliphatic carbocycles. The molecule has 0 aliphatic rings. The van der Waals surface area contributed by atoms with E-state index < -0.39 is 0 Å². The van der Waals surface area contributed by atoms with Gasteiger partial charge in [-0.15, -0.1) is 0 Å². The van der Waals surface area contributed by atoms with Crippen molar-refractivity contribution >= 4 is 11.7 Å². The largest absolute Gasteiger partial charge is 0.370 e. The number of rotatable bonds is 7. The van der Waals surface area contributed by atoms with E-state index in [2.05, 4.69) is 34.4 Å². The Bertz CT molecular complexity index is 406. The number of pyridine rings is 1. The van der Waals surface area contributed by atoms with Gasteiger partial charge in [-0.25, -0.2) is 4.98 Å². The standard InChI is InChI=1S/C14H24N4O/c1-5-15-13-8-6-7-12(17-13)14(19)16-9-10-18(4)11(2)3/h6-8,11H,5,9-10H2,1-4H3,(H,15,17)(H,16,19). The number of hydrogen-bond donors (Lipinski definition) is 2. The zero-order valence-electron chi connectivity index (χ0n) is 12.2. The lowest BCUT2D eigenvalue weighted by Crippen LogP contribution is -2.36. The molecule has 1 rings (SSSR count). The van der Waals surface area contributed by atoms with Crippen LogP contribution in [0.15, 0.2) is 18.2 Å². The maximum atomic E-state index is 11.9. The summed E-state index contributed by atoms with van der Waals surface area (Å²) in [6, 6.07) is 5.89. The van der Waals surface area contributed by atoms with Gasteiger partial charge in [0.2, 0.25) is 0 Å². The van der Waals surface area contributed by atoms with Gasteiger partial charge in [0.05, 0.1) is 0 Å². The minimum absolute atomic E-state index is 0.128. The van der Waals surface area contributed by atoms with Crippen molar-refractivity contribution in [1.82, 2.24) is 15.2 Å². The molecule has 19 heavy (non-hydrogen) atoms. The summed E-state index contributed by atoms with van der Waals surface area (Å²) in [4.78, 5) is 18.4. The van der Waals surface area contributed by atoms with E-state index in [1.54, 1.807) is 6.07 Å². The zero-order valence-corrected chi connectivity index (χ0v) is 12.2. The molecule has 0 unspecified atom stereocenters. The number of likely N-dealkylation sites (N-methyl/N-ethyl adjacent to an activating group) is 1. The summed E-state index contributed by atoms with van der Waals surface area (Å²) in [5.74, 6) is 0.603. The SMILES string of the molecule is CCNc1cccc(C(=O)NCCN(C)C(C)C)n1. The molecule has 0 aromatic carbocycles. The van der Waals surface area contributed by atoms with Crippen molar-refractivity contribution in [2.75, 3.05) is 32.0 Å². The van der Waals surface area contributed by atoms with Crippen molar-refractivity contribution in [2.45, 2.75) is 26.8 Å². The number of nitrogens with zero attached hydrogens (tertiary/aromatic N) is 2. The highest BCUT2D eigenvalue weighted by Crippen LogP contribution is 2.04. The summed E-state index contributed by atoms with van der Waals surface area (Å²) in [7, 11) is 2.04. The maximum Gasteiger partial charge on any atom is 0.270 e. The average Bonchev–Trinajstić information content (AvgIpc) is 2.39. The summed E-state index contributed by atoms with van der Waals surface area (Å²) < 4.78 is 0. The van der Waals surface area contributed by atoms with E-state index in [9.17, 15) is 4.79 Å². The van der Waals surface area contributed by atoms with Gasteiger partial charge in [-0.2, -0.15) is 0 Å². The van der Waals surface area contributed by atoms with Crippen LogP contribution in [-0.4, -0.2) is 48.5 Å². The van der Waals surface area contributed by atoms with E-state index in [1.165, 1.54) is 0 Å². The lowest BCUT2D eigenvalue weighted by atomic mass is 10.3. The van der Waals surface area contributed by atoms with E-state index in [4.69, 9.17) is 0 Å².